The molecule has 18 heavy (non-hydrogen) atoms. The van der Waals surface area contributed by atoms with E-state index in [4.69, 9.17) is 15.6 Å². The average molecular weight is 272 g/mol. The zero-order chi connectivity index (χ0) is 12.5. The molecule has 0 heterocycles. The van der Waals surface area contributed by atoms with Gasteiger partial charge in [0, 0.05) is 0 Å². The number of ether oxygens (including phenoxy) is 1. The number of hydrogen-bond donors (Lipinski definition) is 2. The first-order chi connectivity index (χ1) is 8.05. The Hall–Kier alpha value is -1.26. The Balaban J connectivity index is 0.00000162. The van der Waals surface area contributed by atoms with Gasteiger partial charge >= 0.3 is 5.97 Å². The van der Waals surface area contributed by atoms with Crippen molar-refractivity contribution in [3.05, 3.63) is 29.8 Å². The van der Waals surface area contributed by atoms with Crippen molar-refractivity contribution >= 4 is 18.4 Å². The van der Waals surface area contributed by atoms with Crippen molar-refractivity contribution in [2.45, 2.75) is 30.7 Å². The van der Waals surface area contributed by atoms with Gasteiger partial charge in [0.2, 0.25) is 0 Å². The Bertz CT molecular complexity index is 421. The maximum atomic E-state index is 11.1. The summed E-state index contributed by atoms with van der Waals surface area (Å²) < 4.78 is 5.09. The van der Waals surface area contributed by atoms with Gasteiger partial charge in [-0.25, -0.2) is 0 Å². The van der Waals surface area contributed by atoms with Crippen molar-refractivity contribution in [3.63, 3.8) is 0 Å². The van der Waals surface area contributed by atoms with Gasteiger partial charge in [-0.2, -0.15) is 0 Å². The summed E-state index contributed by atoms with van der Waals surface area (Å²) in [6.07, 6.45) is 1.88. The monoisotopic (exact) mass is 271 g/mol. The van der Waals surface area contributed by atoms with Gasteiger partial charge in [0.15, 0.2) is 0 Å². The molecule has 1 aromatic rings. The minimum Gasteiger partial charge on any atom is -0.497 e. The fraction of sp³-hybridized carbons (Fsp3) is 0.462. The van der Waals surface area contributed by atoms with Crippen molar-refractivity contribution in [2.75, 3.05) is 7.11 Å². The van der Waals surface area contributed by atoms with Crippen molar-refractivity contribution in [2.24, 2.45) is 5.73 Å². The molecule has 0 aromatic heterocycles. The second-order valence-corrected chi connectivity index (χ2v) is 4.67. The van der Waals surface area contributed by atoms with Crippen LogP contribution in [0.25, 0.3) is 0 Å². The first-order valence-electron chi connectivity index (χ1n) is 5.71. The highest BCUT2D eigenvalue weighted by molar-refractivity contribution is 5.85. The third-order valence-electron chi connectivity index (χ3n) is 3.56. The van der Waals surface area contributed by atoms with Gasteiger partial charge in [-0.05, 0) is 42.9 Å². The Morgan fingerprint density at radius 2 is 2.06 bits per heavy atom. The molecule has 0 unspecified atom stereocenters. The van der Waals surface area contributed by atoms with Gasteiger partial charge < -0.3 is 15.6 Å². The number of carboxylic acid groups (broad SMARTS) is 1. The fourth-order valence-electron chi connectivity index (χ4n) is 2.43. The summed E-state index contributed by atoms with van der Waals surface area (Å²) >= 11 is 0. The maximum absolute atomic E-state index is 11.1. The summed E-state index contributed by atoms with van der Waals surface area (Å²) in [4.78, 5) is 11.1. The third kappa shape index (κ3) is 2.76. The van der Waals surface area contributed by atoms with Crippen LogP contribution in [0.2, 0.25) is 0 Å². The van der Waals surface area contributed by atoms with E-state index in [0.29, 0.717) is 12.8 Å². The molecule has 1 fully saturated rings. The van der Waals surface area contributed by atoms with Crippen LogP contribution in [0.3, 0.4) is 0 Å². The molecular weight excluding hydrogens is 254 g/mol. The van der Waals surface area contributed by atoms with Gasteiger partial charge in [-0.1, -0.05) is 12.1 Å². The van der Waals surface area contributed by atoms with E-state index in [9.17, 15) is 4.79 Å². The van der Waals surface area contributed by atoms with E-state index in [1.54, 1.807) is 7.11 Å². The number of methoxy groups -OCH3 is 1. The van der Waals surface area contributed by atoms with E-state index < -0.39 is 11.5 Å². The quantitative estimate of drug-likeness (QED) is 0.884. The number of nitrogens with two attached hydrogens (primary N) is 1. The molecule has 4 nitrogen and oxygen atoms in total. The highest BCUT2D eigenvalue weighted by atomic mass is 35.5. The molecular formula is C13H18ClNO3. The molecule has 1 aliphatic rings. The van der Waals surface area contributed by atoms with Crippen LogP contribution in [0.5, 0.6) is 5.75 Å². The molecule has 0 amide bonds. The molecule has 1 saturated carbocycles. The largest absolute Gasteiger partial charge is 0.497 e. The van der Waals surface area contributed by atoms with E-state index in [1.807, 2.05) is 24.3 Å². The van der Waals surface area contributed by atoms with Crippen molar-refractivity contribution in [1.82, 2.24) is 0 Å². The van der Waals surface area contributed by atoms with Crippen LogP contribution < -0.4 is 10.5 Å². The lowest BCUT2D eigenvalue weighted by atomic mass is 9.93. The smallest absolute Gasteiger partial charge is 0.323 e. The van der Waals surface area contributed by atoms with Crippen LogP contribution in [-0.2, 0) is 4.79 Å². The van der Waals surface area contributed by atoms with Gasteiger partial charge in [-0.3, -0.25) is 4.79 Å². The first-order valence-corrected chi connectivity index (χ1v) is 5.71. The highest BCUT2D eigenvalue weighted by Gasteiger charge is 2.42. The van der Waals surface area contributed by atoms with Crippen LogP contribution in [0.1, 0.15) is 30.7 Å². The lowest BCUT2D eigenvalue weighted by molar-refractivity contribution is -0.143. The minimum absolute atomic E-state index is 0. The fourth-order valence-corrected chi connectivity index (χ4v) is 2.43. The number of rotatable bonds is 3. The number of benzene rings is 1. The van der Waals surface area contributed by atoms with Gasteiger partial charge in [0.05, 0.1) is 7.11 Å². The Morgan fingerprint density at radius 1 is 1.44 bits per heavy atom. The van der Waals surface area contributed by atoms with E-state index in [2.05, 4.69) is 0 Å². The normalized spacial score (nSPS) is 26.4. The molecule has 2 rings (SSSR count). The van der Waals surface area contributed by atoms with Crippen LogP contribution >= 0.6 is 12.4 Å². The number of carbonyl (C=O) groups is 1. The average Bonchev–Trinajstić information content (AvgIpc) is 2.74. The van der Waals surface area contributed by atoms with E-state index in [1.165, 1.54) is 0 Å². The lowest BCUT2D eigenvalue weighted by Crippen LogP contribution is -2.45. The predicted molar refractivity (Wildman–Crippen MR) is 71.4 cm³/mol. The summed E-state index contributed by atoms with van der Waals surface area (Å²) in [5.41, 5.74) is 5.95. The summed E-state index contributed by atoms with van der Waals surface area (Å²) in [6, 6.07) is 7.76. The Labute approximate surface area is 113 Å². The first kappa shape index (κ1) is 14.8. The summed E-state index contributed by atoms with van der Waals surface area (Å²) in [5.74, 6) is 0.152. The molecule has 0 radical (unpaired) electrons. The van der Waals surface area contributed by atoms with Crippen molar-refractivity contribution in [1.29, 1.82) is 0 Å². The van der Waals surface area contributed by atoms with Crippen LogP contribution in [0.4, 0.5) is 0 Å². The Kier molecular flexibility index (Phi) is 4.59. The van der Waals surface area contributed by atoms with E-state index >= 15 is 0 Å². The molecule has 5 heteroatoms. The third-order valence-corrected chi connectivity index (χ3v) is 3.56. The number of carboxylic acids is 1. The summed E-state index contributed by atoms with van der Waals surface area (Å²) in [6.45, 7) is 0. The molecule has 3 N–H and O–H groups in total. The van der Waals surface area contributed by atoms with Crippen molar-refractivity contribution in [3.8, 4) is 5.75 Å². The molecule has 100 valence electrons. The molecule has 1 aliphatic carbocycles. The second-order valence-electron chi connectivity index (χ2n) is 4.67. The maximum Gasteiger partial charge on any atom is 0.323 e. The number of hydrogen-bond acceptors (Lipinski definition) is 3. The predicted octanol–water partition coefficient (Wildman–Crippen LogP) is 2.17. The van der Waals surface area contributed by atoms with Crippen LogP contribution in [-0.4, -0.2) is 23.7 Å². The molecule has 0 bridgehead atoms. The number of halogens is 1. The standard InChI is InChI=1S/C13H17NO3.ClH/c1-17-11-4-2-9(3-5-11)10-6-7-13(14,8-10)12(15)16;/h2-5,10H,6-8,14H2,1H3,(H,15,16);1H/t10-,13-;/m1./s1. The zero-order valence-electron chi connectivity index (χ0n) is 10.3. The second kappa shape index (κ2) is 5.59. The summed E-state index contributed by atoms with van der Waals surface area (Å²) in [7, 11) is 1.62. The molecule has 2 atom stereocenters. The van der Waals surface area contributed by atoms with Crippen molar-refractivity contribution < 1.29 is 14.6 Å². The summed E-state index contributed by atoms with van der Waals surface area (Å²) in [5, 5.41) is 9.07. The van der Waals surface area contributed by atoms with Gasteiger partial charge in [0.1, 0.15) is 11.3 Å². The van der Waals surface area contributed by atoms with Crippen LogP contribution in [0, 0.1) is 0 Å². The highest BCUT2D eigenvalue weighted by Crippen LogP contribution is 2.40. The number of aliphatic carboxylic acids is 1. The molecule has 1 aromatic carbocycles. The van der Waals surface area contributed by atoms with Gasteiger partial charge in [-0.15, -0.1) is 12.4 Å². The van der Waals surface area contributed by atoms with E-state index in [0.717, 1.165) is 17.7 Å². The minimum atomic E-state index is -1.05. The molecule has 0 aliphatic heterocycles. The topological polar surface area (TPSA) is 72.5 Å². The molecule has 0 saturated heterocycles. The zero-order valence-corrected chi connectivity index (χ0v) is 11.1. The van der Waals surface area contributed by atoms with E-state index in [-0.39, 0.29) is 18.3 Å². The Morgan fingerprint density at radius 3 is 2.50 bits per heavy atom. The lowest BCUT2D eigenvalue weighted by Gasteiger charge is -2.18. The SMILES string of the molecule is COc1ccc([C@@H]2CC[C@](N)(C(=O)O)C2)cc1.Cl. The van der Waals surface area contributed by atoms with Crippen LogP contribution in [0.15, 0.2) is 24.3 Å². The van der Waals surface area contributed by atoms with Gasteiger partial charge in [0.25, 0.3) is 0 Å². The molecule has 0 spiro atoms.